The van der Waals surface area contributed by atoms with E-state index in [2.05, 4.69) is 42.2 Å². The van der Waals surface area contributed by atoms with Crippen molar-refractivity contribution in [2.24, 2.45) is 7.05 Å². The fraction of sp³-hybridized carbons (Fsp3) is 0.500. The van der Waals surface area contributed by atoms with E-state index in [1.807, 2.05) is 0 Å². The summed E-state index contributed by atoms with van der Waals surface area (Å²) in [6.07, 6.45) is 2.06. The summed E-state index contributed by atoms with van der Waals surface area (Å²) in [4.78, 5) is 0. The Balaban J connectivity index is 0.000001000. The van der Waals surface area contributed by atoms with Crippen LogP contribution >= 0.6 is 12.4 Å². The minimum Gasteiger partial charge on any atom is -0.353 e. The second-order valence-corrected chi connectivity index (χ2v) is 2.39. The molecule has 3 heteroatoms. The Morgan fingerprint density at radius 3 is 2.73 bits per heavy atom. The Hall–Kier alpha value is -0.470. The smallest absolute Gasteiger partial charge is 0.0359 e. The van der Waals surface area contributed by atoms with Crippen LogP contribution in [0.2, 0.25) is 0 Å². The molecule has 11 heavy (non-hydrogen) atoms. The number of hydrogen-bond acceptors (Lipinski definition) is 1. The molecule has 0 bridgehead atoms. The Kier molecular flexibility index (Phi) is 4.99. The number of hydrogen-bond donors (Lipinski definition) is 1. The van der Waals surface area contributed by atoms with Crippen LogP contribution < -0.4 is 5.32 Å². The molecule has 0 saturated heterocycles. The molecule has 1 N–H and O–H groups in total. The van der Waals surface area contributed by atoms with Gasteiger partial charge < -0.3 is 9.88 Å². The van der Waals surface area contributed by atoms with Crippen LogP contribution in [0.3, 0.4) is 0 Å². The van der Waals surface area contributed by atoms with Gasteiger partial charge in [0, 0.05) is 25.5 Å². The van der Waals surface area contributed by atoms with E-state index in [9.17, 15) is 0 Å². The van der Waals surface area contributed by atoms with Gasteiger partial charge in [-0.05, 0) is 18.7 Å². The van der Waals surface area contributed by atoms with Crippen molar-refractivity contribution in [3.8, 4) is 0 Å². The highest BCUT2D eigenvalue weighted by Gasteiger charge is 1.92. The molecule has 0 fully saturated rings. The Labute approximate surface area is 74.0 Å². The molecule has 0 unspecified atom stereocenters. The summed E-state index contributed by atoms with van der Waals surface area (Å²) < 4.78 is 2.13. The second-order valence-electron chi connectivity index (χ2n) is 2.39. The molecule has 0 radical (unpaired) electrons. The van der Waals surface area contributed by atoms with Crippen LogP contribution in [-0.2, 0) is 13.6 Å². The third-order valence-electron chi connectivity index (χ3n) is 1.61. The quantitative estimate of drug-likeness (QED) is 0.736. The first-order valence-electron chi connectivity index (χ1n) is 3.65. The third-order valence-corrected chi connectivity index (χ3v) is 1.61. The SMILES string of the molecule is CCNCc1cccn1C.Cl. The number of aryl methyl sites for hydroxylation is 1. The van der Waals surface area contributed by atoms with Gasteiger partial charge in [0.05, 0.1) is 0 Å². The van der Waals surface area contributed by atoms with Crippen LogP contribution in [0.5, 0.6) is 0 Å². The first-order valence-corrected chi connectivity index (χ1v) is 3.65. The van der Waals surface area contributed by atoms with Crippen LogP contribution in [0.15, 0.2) is 18.3 Å². The summed E-state index contributed by atoms with van der Waals surface area (Å²) in [5.74, 6) is 0. The van der Waals surface area contributed by atoms with Gasteiger partial charge in [0.25, 0.3) is 0 Å². The Bertz CT molecular complexity index is 196. The Morgan fingerprint density at radius 1 is 1.55 bits per heavy atom. The average molecular weight is 175 g/mol. The minimum absolute atomic E-state index is 0. The highest BCUT2D eigenvalue weighted by atomic mass is 35.5. The van der Waals surface area contributed by atoms with E-state index in [-0.39, 0.29) is 12.4 Å². The monoisotopic (exact) mass is 174 g/mol. The molecule has 0 spiro atoms. The molecule has 2 nitrogen and oxygen atoms in total. The maximum absolute atomic E-state index is 3.27. The van der Waals surface area contributed by atoms with Crippen molar-refractivity contribution in [1.82, 2.24) is 9.88 Å². The first kappa shape index (κ1) is 10.5. The van der Waals surface area contributed by atoms with E-state index in [0.29, 0.717) is 0 Å². The molecule has 0 aliphatic carbocycles. The van der Waals surface area contributed by atoms with E-state index < -0.39 is 0 Å². The fourth-order valence-electron chi connectivity index (χ4n) is 0.933. The molecular weight excluding hydrogens is 160 g/mol. The summed E-state index contributed by atoms with van der Waals surface area (Å²) in [6, 6.07) is 4.19. The lowest BCUT2D eigenvalue weighted by Gasteiger charge is -2.02. The van der Waals surface area contributed by atoms with Crippen LogP contribution in [0, 0.1) is 0 Å². The summed E-state index contributed by atoms with van der Waals surface area (Å²) in [6.45, 7) is 4.12. The lowest BCUT2D eigenvalue weighted by molar-refractivity contribution is 0.680. The molecule has 0 aliphatic heterocycles. The summed E-state index contributed by atoms with van der Waals surface area (Å²) in [5.41, 5.74) is 1.34. The number of rotatable bonds is 3. The molecule has 1 heterocycles. The van der Waals surface area contributed by atoms with Crippen molar-refractivity contribution in [3.63, 3.8) is 0 Å². The topological polar surface area (TPSA) is 17.0 Å². The fourth-order valence-corrected chi connectivity index (χ4v) is 0.933. The highest BCUT2D eigenvalue weighted by Crippen LogP contribution is 1.97. The summed E-state index contributed by atoms with van der Waals surface area (Å²) >= 11 is 0. The number of halogens is 1. The van der Waals surface area contributed by atoms with Crippen LogP contribution in [0.25, 0.3) is 0 Å². The lowest BCUT2D eigenvalue weighted by atomic mass is 10.4. The molecule has 64 valence electrons. The van der Waals surface area contributed by atoms with Crippen molar-refractivity contribution < 1.29 is 0 Å². The average Bonchev–Trinajstić information content (AvgIpc) is 2.31. The van der Waals surface area contributed by atoms with E-state index >= 15 is 0 Å². The Morgan fingerprint density at radius 2 is 2.27 bits per heavy atom. The molecular formula is C8H15ClN2. The van der Waals surface area contributed by atoms with Gasteiger partial charge in [0.15, 0.2) is 0 Å². The van der Waals surface area contributed by atoms with Crippen molar-refractivity contribution in [2.45, 2.75) is 13.5 Å². The zero-order chi connectivity index (χ0) is 7.40. The molecule has 0 aliphatic rings. The largest absolute Gasteiger partial charge is 0.353 e. The van der Waals surface area contributed by atoms with E-state index in [0.717, 1.165) is 13.1 Å². The summed E-state index contributed by atoms with van der Waals surface area (Å²) in [7, 11) is 2.06. The lowest BCUT2D eigenvalue weighted by Crippen LogP contribution is -2.13. The van der Waals surface area contributed by atoms with Crippen molar-refractivity contribution >= 4 is 12.4 Å². The minimum atomic E-state index is 0. The van der Waals surface area contributed by atoms with E-state index in [4.69, 9.17) is 0 Å². The van der Waals surface area contributed by atoms with Gasteiger partial charge in [-0.1, -0.05) is 6.92 Å². The van der Waals surface area contributed by atoms with Crippen LogP contribution in [-0.4, -0.2) is 11.1 Å². The third kappa shape index (κ3) is 2.95. The molecule has 1 aromatic rings. The van der Waals surface area contributed by atoms with Gasteiger partial charge in [0.1, 0.15) is 0 Å². The first-order chi connectivity index (χ1) is 4.84. The zero-order valence-corrected chi connectivity index (χ0v) is 7.82. The molecule has 0 aromatic carbocycles. The van der Waals surface area contributed by atoms with Crippen molar-refractivity contribution in [1.29, 1.82) is 0 Å². The highest BCUT2D eigenvalue weighted by molar-refractivity contribution is 5.85. The van der Waals surface area contributed by atoms with Gasteiger partial charge in [-0.2, -0.15) is 0 Å². The normalized spacial score (nSPS) is 9.27. The van der Waals surface area contributed by atoms with Gasteiger partial charge >= 0.3 is 0 Å². The zero-order valence-electron chi connectivity index (χ0n) is 7.00. The molecule has 0 amide bonds. The predicted octanol–water partition coefficient (Wildman–Crippen LogP) is 1.56. The van der Waals surface area contributed by atoms with Gasteiger partial charge in [-0.25, -0.2) is 0 Å². The van der Waals surface area contributed by atoms with Crippen molar-refractivity contribution in [3.05, 3.63) is 24.0 Å². The van der Waals surface area contributed by atoms with Crippen LogP contribution in [0.1, 0.15) is 12.6 Å². The maximum atomic E-state index is 3.27. The molecule has 0 atom stereocenters. The van der Waals surface area contributed by atoms with Gasteiger partial charge in [-0.3, -0.25) is 0 Å². The van der Waals surface area contributed by atoms with Crippen LogP contribution in [0.4, 0.5) is 0 Å². The molecule has 1 rings (SSSR count). The number of nitrogens with one attached hydrogen (secondary N) is 1. The predicted molar refractivity (Wildman–Crippen MR) is 50.0 cm³/mol. The van der Waals surface area contributed by atoms with Gasteiger partial charge in [0.2, 0.25) is 0 Å². The second kappa shape index (κ2) is 5.22. The van der Waals surface area contributed by atoms with Gasteiger partial charge in [-0.15, -0.1) is 12.4 Å². The van der Waals surface area contributed by atoms with Crippen molar-refractivity contribution in [2.75, 3.05) is 6.54 Å². The summed E-state index contributed by atoms with van der Waals surface area (Å²) in [5, 5.41) is 3.27. The maximum Gasteiger partial charge on any atom is 0.0359 e. The van der Waals surface area contributed by atoms with E-state index in [1.165, 1.54) is 5.69 Å². The standard InChI is InChI=1S/C8H14N2.ClH/c1-3-9-7-8-5-4-6-10(8)2;/h4-6,9H,3,7H2,1-2H3;1H. The number of nitrogens with zero attached hydrogens (tertiary/aromatic N) is 1. The number of aromatic nitrogens is 1. The molecule has 0 saturated carbocycles. The molecule has 1 aromatic heterocycles. The van der Waals surface area contributed by atoms with E-state index in [1.54, 1.807) is 0 Å².